The first-order valence-corrected chi connectivity index (χ1v) is 25.2. The van der Waals surface area contributed by atoms with Gasteiger partial charge < -0.3 is 9.80 Å². The summed E-state index contributed by atoms with van der Waals surface area (Å²) in [5, 5.41) is 0. The third-order valence-electron chi connectivity index (χ3n) is 20.9. The molecule has 0 atom stereocenters. The molecule has 3 heterocycles. The molecule has 0 aromatic heterocycles. The molecule has 12 fully saturated rings. The minimum Gasteiger partial charge on any atom is -0.342 e. The van der Waals surface area contributed by atoms with E-state index in [1.807, 2.05) is 0 Å². The van der Waals surface area contributed by atoms with Crippen molar-refractivity contribution in [3.05, 3.63) is 95.1 Å². The first kappa shape index (κ1) is 33.2. The Balaban J connectivity index is 0.916. The smallest absolute Gasteiger partial charge is 0.252 e. The van der Waals surface area contributed by atoms with E-state index in [1.54, 1.807) is 56.4 Å². The topological polar surface area (TPSA) is 6.48 Å². The highest BCUT2D eigenvalue weighted by Gasteiger charge is 2.54. The Morgan fingerprint density at radius 3 is 1.54 bits per heavy atom. The zero-order valence-corrected chi connectivity index (χ0v) is 35.1. The van der Waals surface area contributed by atoms with Crippen molar-refractivity contribution in [1.82, 2.24) is 0 Å². The number of para-hydroxylation sites is 1. The molecule has 0 radical (unpaired) electrons. The van der Waals surface area contributed by atoms with Crippen molar-refractivity contribution in [3.63, 3.8) is 0 Å². The molecule has 15 aliphatic rings. The van der Waals surface area contributed by atoms with Crippen molar-refractivity contribution >= 4 is 51.5 Å². The van der Waals surface area contributed by atoms with Gasteiger partial charge in [0.05, 0.1) is 0 Å². The van der Waals surface area contributed by atoms with Gasteiger partial charge in [-0.05, 0) is 260 Å². The lowest BCUT2D eigenvalue weighted by Crippen LogP contribution is -2.61. The number of anilines is 5. The molecule has 298 valence electrons. The molecular formula is C56H61BN2. The van der Waals surface area contributed by atoms with Crippen LogP contribution in [-0.4, -0.2) is 13.3 Å². The maximum Gasteiger partial charge on any atom is 0.252 e. The largest absolute Gasteiger partial charge is 0.342 e. The highest BCUT2D eigenvalue weighted by molar-refractivity contribution is 7.00. The second-order valence-electron chi connectivity index (χ2n) is 23.7. The lowest BCUT2D eigenvalue weighted by atomic mass is 9.33. The molecule has 4 aromatic rings. The van der Waals surface area contributed by atoms with Crippen LogP contribution >= 0.6 is 0 Å². The van der Waals surface area contributed by atoms with Crippen LogP contribution in [0, 0.1) is 71.0 Å². The summed E-state index contributed by atoms with van der Waals surface area (Å²) in [7, 11) is 0. The van der Waals surface area contributed by atoms with Crippen LogP contribution in [0.4, 0.5) is 28.4 Å². The van der Waals surface area contributed by atoms with Crippen molar-refractivity contribution < 1.29 is 0 Å². The fourth-order valence-electron chi connectivity index (χ4n) is 20.0. The highest BCUT2D eigenvalue weighted by atomic mass is 15.2. The average molecular weight is 773 g/mol. The summed E-state index contributed by atoms with van der Waals surface area (Å²) in [5.74, 6) is 13.8. The van der Waals surface area contributed by atoms with Gasteiger partial charge >= 0.3 is 0 Å². The maximum atomic E-state index is 2.91. The second-order valence-corrected chi connectivity index (χ2v) is 23.7. The molecule has 0 unspecified atom stereocenters. The van der Waals surface area contributed by atoms with Gasteiger partial charge in [-0.25, -0.2) is 0 Å². The molecule has 12 bridgehead atoms. The Morgan fingerprint density at radius 1 is 0.441 bits per heavy atom. The van der Waals surface area contributed by atoms with Crippen LogP contribution in [0.5, 0.6) is 0 Å². The third kappa shape index (κ3) is 4.47. The van der Waals surface area contributed by atoms with E-state index in [2.05, 4.69) is 82.6 Å². The lowest BCUT2D eigenvalue weighted by molar-refractivity contribution is -0.00301. The van der Waals surface area contributed by atoms with E-state index < -0.39 is 0 Å². The van der Waals surface area contributed by atoms with Crippen LogP contribution in [0.3, 0.4) is 0 Å². The van der Waals surface area contributed by atoms with E-state index >= 15 is 0 Å². The number of rotatable bonds is 4. The molecule has 0 saturated heterocycles. The molecule has 3 heteroatoms. The Bertz CT molecular complexity index is 2360. The number of fused-ring (bicyclic) bond motifs is 4. The van der Waals surface area contributed by atoms with E-state index in [0.29, 0.717) is 6.71 Å². The predicted molar refractivity (Wildman–Crippen MR) is 242 cm³/mol. The number of hydrogen-bond acceptors (Lipinski definition) is 2. The van der Waals surface area contributed by atoms with Gasteiger partial charge in [-0.2, -0.15) is 0 Å². The minimum absolute atomic E-state index is 0.297. The zero-order valence-electron chi connectivity index (χ0n) is 35.1. The molecule has 2 nitrogen and oxygen atoms in total. The van der Waals surface area contributed by atoms with Crippen molar-refractivity contribution in [2.24, 2.45) is 71.0 Å². The van der Waals surface area contributed by atoms with E-state index in [0.717, 1.165) is 95.3 Å². The summed E-state index contributed by atoms with van der Waals surface area (Å²) in [5.41, 5.74) is 19.3. The van der Waals surface area contributed by atoms with Crippen molar-refractivity contribution in [2.45, 2.75) is 120 Å². The first-order chi connectivity index (χ1) is 29.1. The van der Waals surface area contributed by atoms with Gasteiger partial charge in [0.25, 0.3) is 6.71 Å². The molecule has 12 aliphatic carbocycles. The van der Waals surface area contributed by atoms with Crippen LogP contribution in [0.2, 0.25) is 0 Å². The molecule has 0 amide bonds. The normalized spacial score (nSPS) is 41.5. The van der Waals surface area contributed by atoms with Crippen molar-refractivity contribution in [3.8, 4) is 0 Å². The number of benzene rings is 4. The average Bonchev–Trinajstić information content (AvgIpc) is 3.68. The Labute approximate surface area is 353 Å². The fraction of sp³-hybridized carbons (Fsp3) is 0.571. The highest BCUT2D eigenvalue weighted by Crippen LogP contribution is 2.64. The van der Waals surface area contributed by atoms with E-state index in [1.165, 1.54) is 113 Å². The van der Waals surface area contributed by atoms with Gasteiger partial charge in [-0.1, -0.05) is 42.5 Å². The van der Waals surface area contributed by atoms with Crippen molar-refractivity contribution in [1.29, 1.82) is 0 Å². The summed E-state index contributed by atoms with van der Waals surface area (Å²) in [4.78, 5) is 5.71. The van der Waals surface area contributed by atoms with Crippen LogP contribution in [0.25, 0.3) is 0 Å². The summed E-state index contributed by atoms with van der Waals surface area (Å²) >= 11 is 0. The molecule has 12 saturated carbocycles. The Kier molecular flexibility index (Phi) is 6.59. The van der Waals surface area contributed by atoms with E-state index in [4.69, 9.17) is 0 Å². The standard InChI is InChI=1S/C56H61BN2/c1-2-4-44(5-3-1)59-49-27-36(52-37-15-30-12-31(17-37)18-38(52)16-30)6-8-47(49)57-48-9-7-45(54-41-23-34-14-35(25-41)26-42(54)24-34)46-10-11-58(56(46)48)50-28-43(29-51(59)55(50)57)53-39-19-32-13-33(21-39)22-40(53)20-32/h1-9,27-35,37-42,52-54H,10-26H2. The van der Waals surface area contributed by atoms with Gasteiger partial charge in [0.2, 0.25) is 0 Å². The molecule has 0 spiro atoms. The Hall–Kier alpha value is -3.46. The molecule has 19 rings (SSSR count). The van der Waals surface area contributed by atoms with Gasteiger partial charge in [0.15, 0.2) is 0 Å². The summed E-state index contributed by atoms with van der Waals surface area (Å²) in [6, 6.07) is 30.8. The molecular weight excluding hydrogens is 711 g/mol. The molecule has 3 aliphatic heterocycles. The summed E-state index contributed by atoms with van der Waals surface area (Å²) < 4.78 is 0. The van der Waals surface area contributed by atoms with Gasteiger partial charge in [0.1, 0.15) is 0 Å². The van der Waals surface area contributed by atoms with Gasteiger partial charge in [-0.3, -0.25) is 0 Å². The lowest BCUT2D eigenvalue weighted by Gasteiger charge is -2.55. The summed E-state index contributed by atoms with van der Waals surface area (Å²) in [6.45, 7) is 1.45. The number of hydrogen-bond donors (Lipinski definition) is 0. The fourth-order valence-corrected chi connectivity index (χ4v) is 20.0. The predicted octanol–water partition coefficient (Wildman–Crippen LogP) is 11.6. The van der Waals surface area contributed by atoms with Crippen LogP contribution < -0.4 is 26.2 Å². The first-order valence-electron chi connectivity index (χ1n) is 25.2. The van der Waals surface area contributed by atoms with Gasteiger partial charge in [-0.15, -0.1) is 0 Å². The second kappa shape index (κ2) is 11.7. The quantitative estimate of drug-likeness (QED) is 0.168. The Morgan fingerprint density at radius 2 is 0.949 bits per heavy atom. The monoisotopic (exact) mass is 772 g/mol. The SMILES string of the molecule is c1ccc(N2c3cc(C4C5CC6CC(C5)CC4C6)ccc3B3c4ccc(C5C6CC7CC(C6)CC5C7)c5c4N(CC5)c4cc(C5C6CC7CC(C6)CC5C7)cc2c43)cc1. The minimum atomic E-state index is 0.297. The summed E-state index contributed by atoms with van der Waals surface area (Å²) in [6.07, 6.45) is 23.8. The number of nitrogens with zero attached hydrogens (tertiary/aromatic N) is 2. The van der Waals surface area contributed by atoms with E-state index in [-0.39, 0.29) is 0 Å². The zero-order chi connectivity index (χ0) is 37.8. The third-order valence-corrected chi connectivity index (χ3v) is 20.9. The molecule has 0 N–H and O–H groups in total. The van der Waals surface area contributed by atoms with Crippen LogP contribution in [0.1, 0.15) is 136 Å². The van der Waals surface area contributed by atoms with Gasteiger partial charge in [0, 0.05) is 35.0 Å². The maximum absolute atomic E-state index is 2.91. The van der Waals surface area contributed by atoms with Crippen molar-refractivity contribution in [2.75, 3.05) is 16.3 Å². The van der Waals surface area contributed by atoms with Crippen LogP contribution in [0.15, 0.2) is 72.8 Å². The molecule has 4 aromatic carbocycles. The van der Waals surface area contributed by atoms with E-state index in [9.17, 15) is 0 Å². The molecule has 59 heavy (non-hydrogen) atoms. The van der Waals surface area contributed by atoms with Crippen LogP contribution in [-0.2, 0) is 6.42 Å².